The van der Waals surface area contributed by atoms with Crippen molar-refractivity contribution < 1.29 is 23.1 Å². The first kappa shape index (κ1) is 31.8. The van der Waals surface area contributed by atoms with E-state index in [4.69, 9.17) is 4.74 Å². The van der Waals surface area contributed by atoms with Gasteiger partial charge in [-0.25, -0.2) is 8.78 Å². The molecule has 2 amide bonds. The number of hydrogen-bond donors (Lipinski definition) is 2. The summed E-state index contributed by atoms with van der Waals surface area (Å²) in [5.41, 5.74) is 4.62. The fourth-order valence-corrected chi connectivity index (χ4v) is 6.45. The van der Waals surface area contributed by atoms with Crippen molar-refractivity contribution >= 4 is 11.8 Å². The number of ether oxygens (including phenoxy) is 1. The Bertz CT molecular complexity index is 1470. The van der Waals surface area contributed by atoms with Crippen LogP contribution in [0, 0.1) is 18.6 Å². The van der Waals surface area contributed by atoms with Crippen LogP contribution in [0.15, 0.2) is 60.7 Å². The lowest BCUT2D eigenvalue weighted by Crippen LogP contribution is -2.40. The van der Waals surface area contributed by atoms with Crippen molar-refractivity contribution in [1.29, 1.82) is 0 Å². The fourth-order valence-electron chi connectivity index (χ4n) is 6.45. The van der Waals surface area contributed by atoms with Gasteiger partial charge in [-0.05, 0) is 111 Å². The number of nitrogens with one attached hydrogen (secondary N) is 2. The Morgan fingerprint density at radius 1 is 1.02 bits per heavy atom. The maximum absolute atomic E-state index is 14.1. The van der Waals surface area contributed by atoms with Crippen molar-refractivity contribution in [3.05, 3.63) is 106 Å². The molecule has 2 atom stereocenters. The second-order valence-electron chi connectivity index (χ2n) is 12.3. The first-order chi connectivity index (χ1) is 21.2. The molecule has 1 saturated carbocycles. The average Bonchev–Trinajstić information content (AvgIpc) is 3.65. The van der Waals surface area contributed by atoms with Crippen molar-refractivity contribution in [1.82, 2.24) is 15.5 Å². The second kappa shape index (κ2) is 14.0. The topological polar surface area (TPSA) is 70.7 Å². The Labute approximate surface area is 259 Å². The van der Waals surface area contributed by atoms with Gasteiger partial charge in [0.15, 0.2) is 0 Å². The summed E-state index contributed by atoms with van der Waals surface area (Å²) in [7, 11) is 1.63. The molecule has 44 heavy (non-hydrogen) atoms. The van der Waals surface area contributed by atoms with Gasteiger partial charge in [0.1, 0.15) is 11.6 Å². The molecular weight excluding hydrogens is 560 g/mol. The number of nitrogens with zero attached hydrogens (tertiary/aromatic N) is 1. The van der Waals surface area contributed by atoms with Crippen LogP contribution >= 0.6 is 0 Å². The highest BCUT2D eigenvalue weighted by atomic mass is 19.1. The Hall–Kier alpha value is -3.62. The summed E-state index contributed by atoms with van der Waals surface area (Å²) in [5.74, 6) is -1.73. The van der Waals surface area contributed by atoms with Gasteiger partial charge in [-0.1, -0.05) is 31.2 Å². The Morgan fingerprint density at radius 3 is 2.48 bits per heavy atom. The van der Waals surface area contributed by atoms with Crippen molar-refractivity contribution in [2.75, 3.05) is 26.8 Å². The second-order valence-corrected chi connectivity index (χ2v) is 12.3. The molecule has 3 aromatic carbocycles. The third-order valence-corrected chi connectivity index (χ3v) is 8.92. The standard InChI is InChI=1S/C36H43F2N3O3/c1-4-25-7-5-8-29(17-25)36(11-12-36)39-13-10-32(20-26-18-30(37)22-31(38)19-26)40-34(42)27-15-24(2)16-28(21-27)35(43)41-14-6-9-33(41)23-44-3/h5,7-8,15-19,21-22,32-33,39H,4,6,9-14,20,23H2,1-3H3,(H,40,42)/t32-,33-/m1/s1. The molecule has 0 aromatic heterocycles. The van der Waals surface area contributed by atoms with E-state index in [0.717, 1.165) is 43.7 Å². The summed E-state index contributed by atoms with van der Waals surface area (Å²) in [6, 6.07) is 17.0. The Kier molecular flexibility index (Phi) is 10.1. The number of benzene rings is 3. The molecule has 1 saturated heterocycles. The monoisotopic (exact) mass is 603 g/mol. The molecule has 6 nitrogen and oxygen atoms in total. The van der Waals surface area contributed by atoms with Crippen molar-refractivity contribution in [3.63, 3.8) is 0 Å². The van der Waals surface area contributed by atoms with E-state index in [-0.39, 0.29) is 29.8 Å². The molecular formula is C36H43F2N3O3. The minimum Gasteiger partial charge on any atom is -0.383 e. The number of likely N-dealkylation sites (tertiary alicyclic amines) is 1. The number of rotatable bonds is 13. The van der Waals surface area contributed by atoms with Gasteiger partial charge in [0.2, 0.25) is 0 Å². The van der Waals surface area contributed by atoms with E-state index in [1.165, 1.54) is 23.3 Å². The Balaban J connectivity index is 1.31. The van der Waals surface area contributed by atoms with Gasteiger partial charge in [-0.15, -0.1) is 0 Å². The summed E-state index contributed by atoms with van der Waals surface area (Å²) >= 11 is 0. The van der Waals surface area contributed by atoms with Crippen molar-refractivity contribution in [3.8, 4) is 0 Å². The van der Waals surface area contributed by atoms with E-state index in [2.05, 4.69) is 41.8 Å². The third kappa shape index (κ3) is 7.71. The molecule has 0 bridgehead atoms. The Morgan fingerprint density at radius 2 is 1.77 bits per heavy atom. The normalized spacial score (nSPS) is 17.8. The van der Waals surface area contributed by atoms with Gasteiger partial charge in [0, 0.05) is 42.4 Å². The third-order valence-electron chi connectivity index (χ3n) is 8.92. The summed E-state index contributed by atoms with van der Waals surface area (Å²) in [4.78, 5) is 28.9. The molecule has 8 heteroatoms. The minimum absolute atomic E-state index is 0.0213. The molecule has 2 fully saturated rings. The number of carbonyl (C=O) groups is 2. The van der Waals surface area contributed by atoms with Crippen molar-refractivity contribution in [2.24, 2.45) is 0 Å². The van der Waals surface area contributed by atoms with E-state index in [1.54, 1.807) is 25.3 Å². The minimum atomic E-state index is -0.647. The van der Waals surface area contributed by atoms with Gasteiger partial charge in [-0.2, -0.15) is 0 Å². The molecule has 2 N–H and O–H groups in total. The van der Waals surface area contributed by atoms with Gasteiger partial charge in [-0.3, -0.25) is 9.59 Å². The molecule has 234 valence electrons. The molecule has 0 radical (unpaired) electrons. The zero-order valence-corrected chi connectivity index (χ0v) is 25.9. The smallest absolute Gasteiger partial charge is 0.254 e. The highest BCUT2D eigenvalue weighted by molar-refractivity contribution is 6.00. The zero-order valence-electron chi connectivity index (χ0n) is 25.9. The average molecular weight is 604 g/mol. The lowest BCUT2D eigenvalue weighted by molar-refractivity contribution is 0.0630. The molecule has 2 aliphatic rings. The number of halogens is 2. The van der Waals surface area contributed by atoms with E-state index < -0.39 is 17.7 Å². The molecule has 1 aliphatic carbocycles. The lowest BCUT2D eigenvalue weighted by atomic mass is 9.99. The first-order valence-electron chi connectivity index (χ1n) is 15.7. The van der Waals surface area contributed by atoms with Crippen LogP contribution in [0.2, 0.25) is 0 Å². The molecule has 3 aromatic rings. The molecule has 0 unspecified atom stereocenters. The van der Waals surface area contributed by atoms with E-state index in [9.17, 15) is 18.4 Å². The van der Waals surface area contributed by atoms with Crippen LogP contribution < -0.4 is 10.6 Å². The molecule has 0 spiro atoms. The number of hydrogen-bond acceptors (Lipinski definition) is 4. The van der Waals surface area contributed by atoms with E-state index in [0.29, 0.717) is 42.8 Å². The quantitative estimate of drug-likeness (QED) is 0.248. The van der Waals surface area contributed by atoms with E-state index >= 15 is 0 Å². The zero-order chi connectivity index (χ0) is 31.3. The highest BCUT2D eigenvalue weighted by Gasteiger charge is 2.43. The molecule has 5 rings (SSSR count). The van der Waals surface area contributed by atoms with E-state index in [1.807, 2.05) is 11.8 Å². The number of carbonyl (C=O) groups excluding carboxylic acids is 2. The van der Waals surface area contributed by atoms with Gasteiger partial charge in [0.05, 0.1) is 12.6 Å². The lowest BCUT2D eigenvalue weighted by Gasteiger charge is -2.25. The predicted molar refractivity (Wildman–Crippen MR) is 168 cm³/mol. The largest absolute Gasteiger partial charge is 0.383 e. The maximum Gasteiger partial charge on any atom is 0.254 e. The van der Waals surface area contributed by atoms with Crippen LogP contribution in [-0.2, 0) is 23.1 Å². The van der Waals surface area contributed by atoms with Crippen LogP contribution in [0.3, 0.4) is 0 Å². The van der Waals surface area contributed by atoms with Crippen LogP contribution in [-0.4, -0.2) is 55.6 Å². The first-order valence-corrected chi connectivity index (χ1v) is 15.7. The highest BCUT2D eigenvalue weighted by Crippen LogP contribution is 2.45. The summed E-state index contributed by atoms with van der Waals surface area (Å²) in [5, 5.41) is 6.82. The number of aryl methyl sites for hydroxylation is 2. The van der Waals surface area contributed by atoms with Gasteiger partial charge >= 0.3 is 0 Å². The summed E-state index contributed by atoms with van der Waals surface area (Å²) < 4.78 is 33.4. The summed E-state index contributed by atoms with van der Waals surface area (Å²) in [6.07, 6.45) is 5.68. The van der Waals surface area contributed by atoms with Crippen LogP contribution in [0.25, 0.3) is 0 Å². The van der Waals surface area contributed by atoms with Crippen LogP contribution in [0.5, 0.6) is 0 Å². The number of amides is 2. The van der Waals surface area contributed by atoms with Crippen LogP contribution in [0.1, 0.15) is 82.0 Å². The maximum atomic E-state index is 14.1. The predicted octanol–water partition coefficient (Wildman–Crippen LogP) is 6.10. The fraction of sp³-hybridized carbons (Fsp3) is 0.444. The van der Waals surface area contributed by atoms with Gasteiger partial charge in [0.25, 0.3) is 11.8 Å². The number of methoxy groups -OCH3 is 1. The van der Waals surface area contributed by atoms with Crippen LogP contribution in [0.4, 0.5) is 8.78 Å². The summed E-state index contributed by atoms with van der Waals surface area (Å²) in [6.45, 7) is 5.76. The van der Waals surface area contributed by atoms with Crippen molar-refractivity contribution in [2.45, 2.75) is 76.4 Å². The molecule has 1 aliphatic heterocycles. The molecule has 1 heterocycles. The van der Waals surface area contributed by atoms with Gasteiger partial charge < -0.3 is 20.3 Å². The SMILES string of the molecule is CCc1cccc(C2(NCC[C@H](Cc3cc(F)cc(F)c3)NC(=O)c3cc(C)cc(C(=O)N4CCC[C@@H]4COC)c3)CC2)c1.